The second kappa shape index (κ2) is 6.37. The minimum Gasteiger partial charge on any atom is -0.392 e. The van der Waals surface area contributed by atoms with Gasteiger partial charge in [0.1, 0.15) is 5.82 Å². The molecule has 2 atom stereocenters. The predicted octanol–water partition coefficient (Wildman–Crippen LogP) is 2.95. The number of rotatable bonds is 5. The van der Waals surface area contributed by atoms with E-state index in [1.54, 1.807) is 13.0 Å². The van der Waals surface area contributed by atoms with Crippen molar-refractivity contribution in [3.8, 4) is 0 Å². The smallest absolute Gasteiger partial charge is 0.123 e. The summed E-state index contributed by atoms with van der Waals surface area (Å²) in [6.07, 6.45) is -0.123. The second-order valence-electron chi connectivity index (χ2n) is 5.65. The second-order valence-corrected chi connectivity index (χ2v) is 5.65. The highest BCUT2D eigenvalue weighted by molar-refractivity contribution is 5.35. The number of hydrogen-bond acceptors (Lipinski definition) is 2. The summed E-state index contributed by atoms with van der Waals surface area (Å²) in [5.41, 5.74) is 8.27. The normalized spacial score (nSPS) is 15.5. The molecule has 0 heterocycles. The molecule has 0 saturated heterocycles. The number of aliphatic hydroxyl groups excluding tert-OH is 1. The summed E-state index contributed by atoms with van der Waals surface area (Å²) in [7, 11) is 0. The lowest BCUT2D eigenvalue weighted by atomic mass is 9.71. The van der Waals surface area contributed by atoms with Crippen LogP contribution < -0.4 is 5.73 Å². The maximum absolute atomic E-state index is 13.5. The number of aryl methyl sites for hydroxylation is 1. The average Bonchev–Trinajstić information content (AvgIpc) is 2.49. The van der Waals surface area contributed by atoms with Gasteiger partial charge in [0.05, 0.1) is 6.10 Å². The molecule has 0 bridgehead atoms. The molecule has 3 N–H and O–H groups in total. The van der Waals surface area contributed by atoms with Gasteiger partial charge in [-0.1, -0.05) is 36.4 Å². The van der Waals surface area contributed by atoms with Gasteiger partial charge in [-0.2, -0.15) is 0 Å². The molecule has 0 aromatic heterocycles. The molecule has 0 amide bonds. The SMILES string of the molecule is Cc1ccc(F)cc1CC(CN)(c1ccccc1)C(C)O. The lowest BCUT2D eigenvalue weighted by molar-refractivity contribution is 0.0999. The van der Waals surface area contributed by atoms with Crippen molar-refractivity contribution < 1.29 is 9.50 Å². The van der Waals surface area contributed by atoms with Crippen molar-refractivity contribution in [3.63, 3.8) is 0 Å². The van der Waals surface area contributed by atoms with Crippen molar-refractivity contribution >= 4 is 0 Å². The van der Waals surface area contributed by atoms with Gasteiger partial charge in [0.2, 0.25) is 0 Å². The molecule has 0 aliphatic carbocycles. The molecule has 2 rings (SSSR count). The Bertz CT molecular complexity index is 597. The van der Waals surface area contributed by atoms with Crippen LogP contribution in [0.2, 0.25) is 0 Å². The summed E-state index contributed by atoms with van der Waals surface area (Å²) < 4.78 is 13.5. The maximum Gasteiger partial charge on any atom is 0.123 e. The van der Waals surface area contributed by atoms with E-state index < -0.39 is 11.5 Å². The Hall–Kier alpha value is -1.71. The van der Waals surface area contributed by atoms with E-state index in [0.717, 1.165) is 16.7 Å². The molecule has 21 heavy (non-hydrogen) atoms. The number of halogens is 1. The molecule has 2 aromatic rings. The van der Waals surface area contributed by atoms with Crippen LogP contribution in [0.5, 0.6) is 0 Å². The van der Waals surface area contributed by atoms with Crippen molar-refractivity contribution in [1.82, 2.24) is 0 Å². The topological polar surface area (TPSA) is 46.2 Å². The van der Waals surface area contributed by atoms with Gasteiger partial charge >= 0.3 is 0 Å². The Morgan fingerprint density at radius 2 is 1.86 bits per heavy atom. The van der Waals surface area contributed by atoms with Crippen LogP contribution in [-0.2, 0) is 11.8 Å². The summed E-state index contributed by atoms with van der Waals surface area (Å²) in [5.74, 6) is -0.264. The van der Waals surface area contributed by atoms with Crippen LogP contribution in [0.15, 0.2) is 48.5 Å². The fraction of sp³-hybridized carbons (Fsp3) is 0.333. The molecule has 2 nitrogen and oxygen atoms in total. The van der Waals surface area contributed by atoms with E-state index in [1.165, 1.54) is 12.1 Å². The molecule has 0 spiro atoms. The molecule has 0 aliphatic heterocycles. The van der Waals surface area contributed by atoms with Crippen molar-refractivity contribution in [1.29, 1.82) is 0 Å². The number of aliphatic hydroxyl groups is 1. The minimum atomic E-state index is -0.632. The largest absolute Gasteiger partial charge is 0.392 e. The Labute approximate surface area is 125 Å². The fourth-order valence-electron chi connectivity index (χ4n) is 2.79. The van der Waals surface area contributed by atoms with Crippen LogP contribution in [0, 0.1) is 12.7 Å². The molecule has 0 aliphatic rings. The van der Waals surface area contributed by atoms with Crippen LogP contribution in [0.4, 0.5) is 4.39 Å². The Kier molecular flexibility index (Phi) is 4.76. The van der Waals surface area contributed by atoms with E-state index in [1.807, 2.05) is 37.3 Å². The third kappa shape index (κ3) is 3.14. The standard InChI is InChI=1S/C18H22FNO/c1-13-8-9-17(19)10-15(13)11-18(12-20,14(2)21)16-6-4-3-5-7-16/h3-10,14,21H,11-12,20H2,1-2H3. The molecule has 2 unspecified atom stereocenters. The summed E-state index contributed by atoms with van der Waals surface area (Å²) >= 11 is 0. The van der Waals surface area contributed by atoms with Crippen molar-refractivity contribution in [2.75, 3.05) is 6.54 Å². The van der Waals surface area contributed by atoms with Crippen LogP contribution in [0.3, 0.4) is 0 Å². The predicted molar refractivity (Wildman–Crippen MR) is 83.7 cm³/mol. The van der Waals surface area contributed by atoms with Gasteiger partial charge in [0.25, 0.3) is 0 Å². The van der Waals surface area contributed by atoms with E-state index in [4.69, 9.17) is 5.73 Å². The average molecular weight is 287 g/mol. The molecule has 0 saturated carbocycles. The van der Waals surface area contributed by atoms with E-state index in [-0.39, 0.29) is 5.82 Å². The van der Waals surface area contributed by atoms with Crippen molar-refractivity contribution in [2.45, 2.75) is 31.8 Å². The Balaban J connectivity index is 2.49. The highest BCUT2D eigenvalue weighted by Crippen LogP contribution is 2.32. The van der Waals surface area contributed by atoms with Gasteiger partial charge < -0.3 is 10.8 Å². The van der Waals surface area contributed by atoms with E-state index in [9.17, 15) is 9.50 Å². The van der Waals surface area contributed by atoms with Gasteiger partial charge in [0.15, 0.2) is 0 Å². The number of hydrogen-bond donors (Lipinski definition) is 2. The van der Waals surface area contributed by atoms with E-state index in [2.05, 4.69) is 0 Å². The van der Waals surface area contributed by atoms with Gasteiger partial charge in [-0.25, -0.2) is 4.39 Å². The first kappa shape index (κ1) is 15.7. The maximum atomic E-state index is 13.5. The molecular weight excluding hydrogens is 265 g/mol. The van der Waals surface area contributed by atoms with Gasteiger partial charge in [-0.3, -0.25) is 0 Å². The first-order valence-electron chi connectivity index (χ1n) is 7.18. The monoisotopic (exact) mass is 287 g/mol. The van der Waals surface area contributed by atoms with Crippen LogP contribution >= 0.6 is 0 Å². The van der Waals surface area contributed by atoms with Gasteiger partial charge in [-0.05, 0) is 49.1 Å². The fourth-order valence-corrected chi connectivity index (χ4v) is 2.79. The molecule has 2 aromatic carbocycles. The molecule has 0 radical (unpaired) electrons. The lowest BCUT2D eigenvalue weighted by Crippen LogP contribution is -2.46. The van der Waals surface area contributed by atoms with Crippen molar-refractivity contribution in [3.05, 3.63) is 71.0 Å². The van der Waals surface area contributed by atoms with Crippen LogP contribution in [0.1, 0.15) is 23.6 Å². The molecule has 112 valence electrons. The first-order chi connectivity index (χ1) is 9.99. The zero-order chi connectivity index (χ0) is 15.5. The van der Waals surface area contributed by atoms with E-state index in [0.29, 0.717) is 13.0 Å². The number of nitrogens with two attached hydrogens (primary N) is 1. The van der Waals surface area contributed by atoms with Gasteiger partial charge in [0, 0.05) is 12.0 Å². The third-order valence-electron chi connectivity index (χ3n) is 4.33. The number of benzene rings is 2. The lowest BCUT2D eigenvalue weighted by Gasteiger charge is -2.36. The van der Waals surface area contributed by atoms with E-state index >= 15 is 0 Å². The third-order valence-corrected chi connectivity index (χ3v) is 4.33. The van der Waals surface area contributed by atoms with Crippen molar-refractivity contribution in [2.24, 2.45) is 5.73 Å². The molecular formula is C18H22FNO. The zero-order valence-electron chi connectivity index (χ0n) is 12.5. The van der Waals surface area contributed by atoms with Crippen LogP contribution in [-0.4, -0.2) is 17.8 Å². The molecule has 3 heteroatoms. The highest BCUT2D eigenvalue weighted by Gasteiger charge is 2.36. The van der Waals surface area contributed by atoms with Gasteiger partial charge in [-0.15, -0.1) is 0 Å². The summed E-state index contributed by atoms with van der Waals surface area (Å²) in [5, 5.41) is 10.4. The summed E-state index contributed by atoms with van der Waals surface area (Å²) in [6.45, 7) is 3.99. The Morgan fingerprint density at radius 1 is 1.19 bits per heavy atom. The quantitative estimate of drug-likeness (QED) is 0.888. The highest BCUT2D eigenvalue weighted by atomic mass is 19.1. The summed E-state index contributed by atoms with van der Waals surface area (Å²) in [4.78, 5) is 0. The zero-order valence-corrected chi connectivity index (χ0v) is 12.5. The molecule has 0 fully saturated rings. The summed E-state index contributed by atoms with van der Waals surface area (Å²) in [6, 6.07) is 14.5. The minimum absolute atomic E-state index is 0.264. The first-order valence-corrected chi connectivity index (χ1v) is 7.18. The van der Waals surface area contributed by atoms with Crippen LogP contribution in [0.25, 0.3) is 0 Å². The Morgan fingerprint density at radius 3 is 2.43 bits per heavy atom.